The molecular weight excluding hydrogens is 286 g/mol. The van der Waals surface area contributed by atoms with Crippen LogP contribution in [0.15, 0.2) is 0 Å². The van der Waals surface area contributed by atoms with Gasteiger partial charge in [0.05, 0.1) is 0 Å². The molecule has 0 aliphatic carbocycles. The third kappa shape index (κ3) is 12.2. The Balaban J connectivity index is 3.55. The zero-order chi connectivity index (χ0) is 16.8. The van der Waals surface area contributed by atoms with Crippen LogP contribution in [0.5, 0.6) is 0 Å². The summed E-state index contributed by atoms with van der Waals surface area (Å²) in [6, 6.07) is 0. The van der Waals surface area contributed by atoms with Crippen molar-refractivity contribution in [2.24, 2.45) is 0 Å². The predicted molar refractivity (Wildman–Crippen MR) is 83.7 cm³/mol. The van der Waals surface area contributed by atoms with Crippen molar-refractivity contribution < 1.29 is 24.6 Å². The lowest BCUT2D eigenvalue weighted by atomic mass is 10.1. The number of amides is 1. The highest BCUT2D eigenvalue weighted by atomic mass is 16.4. The number of unbranched alkanes of at least 4 members (excludes halogenated alkanes) is 7. The quantitative estimate of drug-likeness (QED) is 0.481. The van der Waals surface area contributed by atoms with Crippen molar-refractivity contribution in [1.29, 1.82) is 0 Å². The van der Waals surface area contributed by atoms with E-state index in [1.54, 1.807) is 6.92 Å². The Hall–Kier alpha value is -1.59. The van der Waals surface area contributed by atoms with Crippen LogP contribution in [0.3, 0.4) is 0 Å². The van der Waals surface area contributed by atoms with Gasteiger partial charge in [-0.15, -0.1) is 0 Å². The molecule has 0 atom stereocenters. The summed E-state index contributed by atoms with van der Waals surface area (Å²) in [5, 5.41) is 17.3. The van der Waals surface area contributed by atoms with Gasteiger partial charge in [-0.25, -0.2) is 0 Å². The molecule has 2 N–H and O–H groups in total. The number of carboxylic acids is 2. The zero-order valence-electron chi connectivity index (χ0n) is 13.6. The molecule has 0 heterocycles. The van der Waals surface area contributed by atoms with Crippen molar-refractivity contribution in [1.82, 2.24) is 4.90 Å². The molecule has 0 saturated carbocycles. The number of hydrogen-bond acceptors (Lipinski definition) is 3. The highest BCUT2D eigenvalue weighted by Crippen LogP contribution is 2.10. The van der Waals surface area contributed by atoms with Gasteiger partial charge in [-0.3, -0.25) is 14.4 Å². The topological polar surface area (TPSA) is 94.9 Å². The zero-order valence-corrected chi connectivity index (χ0v) is 13.6. The first-order valence-electron chi connectivity index (χ1n) is 8.18. The number of aliphatic carboxylic acids is 2. The summed E-state index contributed by atoms with van der Waals surface area (Å²) in [7, 11) is 0. The fourth-order valence-corrected chi connectivity index (χ4v) is 2.32. The first-order valence-corrected chi connectivity index (χ1v) is 8.18. The molecule has 0 aliphatic rings. The molecule has 0 aliphatic heterocycles. The maximum Gasteiger partial charge on any atom is 0.323 e. The van der Waals surface area contributed by atoms with Crippen molar-refractivity contribution in [2.45, 2.75) is 71.1 Å². The van der Waals surface area contributed by atoms with Crippen LogP contribution in [0.2, 0.25) is 0 Å². The van der Waals surface area contributed by atoms with Gasteiger partial charge in [0.1, 0.15) is 6.54 Å². The summed E-state index contributed by atoms with van der Waals surface area (Å²) >= 11 is 0. The smallest absolute Gasteiger partial charge is 0.323 e. The molecule has 22 heavy (non-hydrogen) atoms. The Morgan fingerprint density at radius 1 is 0.773 bits per heavy atom. The fraction of sp³-hybridized carbons (Fsp3) is 0.812. The van der Waals surface area contributed by atoms with Crippen molar-refractivity contribution in [3.8, 4) is 0 Å². The van der Waals surface area contributed by atoms with E-state index in [1.807, 2.05) is 0 Å². The lowest BCUT2D eigenvalue weighted by Gasteiger charge is -2.19. The van der Waals surface area contributed by atoms with Crippen LogP contribution in [-0.4, -0.2) is 46.0 Å². The van der Waals surface area contributed by atoms with Crippen LogP contribution >= 0.6 is 0 Å². The molecule has 128 valence electrons. The van der Waals surface area contributed by atoms with Gasteiger partial charge in [0.15, 0.2) is 0 Å². The Morgan fingerprint density at radius 3 is 1.73 bits per heavy atom. The van der Waals surface area contributed by atoms with Crippen molar-refractivity contribution >= 4 is 17.8 Å². The number of nitrogens with zero attached hydrogens (tertiary/aromatic N) is 1. The second-order valence-electron chi connectivity index (χ2n) is 5.53. The van der Waals surface area contributed by atoms with E-state index < -0.39 is 11.9 Å². The average molecular weight is 315 g/mol. The SMILES string of the molecule is CCC(=O)N(CCCCCCCCCCC(=O)O)CC(=O)O. The monoisotopic (exact) mass is 315 g/mol. The van der Waals surface area contributed by atoms with E-state index in [2.05, 4.69) is 0 Å². The number of rotatable bonds is 14. The molecule has 6 nitrogen and oxygen atoms in total. The maximum atomic E-state index is 11.6. The number of carbonyl (C=O) groups is 3. The van der Waals surface area contributed by atoms with Gasteiger partial charge in [-0.1, -0.05) is 45.4 Å². The Morgan fingerprint density at radius 2 is 1.27 bits per heavy atom. The van der Waals surface area contributed by atoms with Crippen LogP contribution in [0.25, 0.3) is 0 Å². The molecule has 6 heteroatoms. The van der Waals surface area contributed by atoms with Crippen molar-refractivity contribution in [3.05, 3.63) is 0 Å². The van der Waals surface area contributed by atoms with Crippen molar-refractivity contribution in [3.63, 3.8) is 0 Å². The van der Waals surface area contributed by atoms with Gasteiger partial charge >= 0.3 is 11.9 Å². The van der Waals surface area contributed by atoms with Gasteiger partial charge in [0.25, 0.3) is 0 Å². The highest BCUT2D eigenvalue weighted by molar-refractivity contribution is 5.81. The third-order valence-electron chi connectivity index (χ3n) is 3.55. The minimum absolute atomic E-state index is 0.110. The van der Waals surface area contributed by atoms with Crippen LogP contribution in [-0.2, 0) is 14.4 Å². The first-order chi connectivity index (χ1) is 10.5. The molecule has 0 aromatic carbocycles. The summed E-state index contributed by atoms with van der Waals surface area (Å²) in [5.41, 5.74) is 0. The molecule has 0 rings (SSSR count). The Bertz CT molecular complexity index is 343. The molecule has 0 aromatic heterocycles. The normalized spacial score (nSPS) is 10.4. The lowest BCUT2D eigenvalue weighted by molar-refractivity contribution is -0.144. The third-order valence-corrected chi connectivity index (χ3v) is 3.55. The fourth-order valence-electron chi connectivity index (χ4n) is 2.32. The number of carbonyl (C=O) groups excluding carboxylic acids is 1. The predicted octanol–water partition coefficient (Wildman–Crippen LogP) is 2.91. The first kappa shape index (κ1) is 20.4. The molecule has 0 bridgehead atoms. The standard InChI is InChI=1S/C16H29NO5/c1-2-14(18)17(13-16(21)22)12-10-8-6-4-3-5-7-9-11-15(19)20/h2-13H2,1H3,(H,19,20)(H,21,22). The molecule has 0 saturated heterocycles. The van der Waals surface area contributed by atoms with Crippen LogP contribution < -0.4 is 0 Å². The number of carboxylic acid groups (broad SMARTS) is 2. The van der Waals surface area contributed by atoms with Gasteiger partial charge < -0.3 is 15.1 Å². The summed E-state index contributed by atoms with van der Waals surface area (Å²) in [5.74, 6) is -1.81. The average Bonchev–Trinajstić information content (AvgIpc) is 2.46. The summed E-state index contributed by atoms with van der Waals surface area (Å²) < 4.78 is 0. The van der Waals surface area contributed by atoms with E-state index in [9.17, 15) is 14.4 Å². The summed E-state index contributed by atoms with van der Waals surface area (Å²) in [4.78, 5) is 34.0. The Labute approximate surface area is 132 Å². The van der Waals surface area contributed by atoms with Crippen LogP contribution in [0, 0.1) is 0 Å². The summed E-state index contributed by atoms with van der Waals surface area (Å²) in [6.45, 7) is 2.04. The molecular formula is C16H29NO5. The second kappa shape index (κ2) is 13.1. The maximum absolute atomic E-state index is 11.6. The minimum Gasteiger partial charge on any atom is -0.481 e. The van der Waals surface area contributed by atoms with E-state index in [0.29, 0.717) is 13.0 Å². The molecule has 0 radical (unpaired) electrons. The molecule has 0 fully saturated rings. The van der Waals surface area contributed by atoms with Gasteiger partial charge in [0.2, 0.25) is 5.91 Å². The van der Waals surface area contributed by atoms with Crippen LogP contribution in [0.1, 0.15) is 71.1 Å². The molecule has 1 amide bonds. The van der Waals surface area contributed by atoms with E-state index in [4.69, 9.17) is 10.2 Å². The molecule has 0 unspecified atom stereocenters. The second-order valence-corrected chi connectivity index (χ2v) is 5.53. The Kier molecular flexibility index (Phi) is 12.2. The van der Waals surface area contributed by atoms with Gasteiger partial charge in [-0.05, 0) is 12.8 Å². The van der Waals surface area contributed by atoms with Crippen LogP contribution in [0.4, 0.5) is 0 Å². The van der Waals surface area contributed by atoms with E-state index in [-0.39, 0.29) is 18.9 Å². The van der Waals surface area contributed by atoms with E-state index in [0.717, 1.165) is 51.4 Å². The van der Waals surface area contributed by atoms with Gasteiger partial charge in [-0.2, -0.15) is 0 Å². The minimum atomic E-state index is -0.969. The lowest BCUT2D eigenvalue weighted by Crippen LogP contribution is -2.35. The van der Waals surface area contributed by atoms with E-state index in [1.165, 1.54) is 4.90 Å². The van der Waals surface area contributed by atoms with Crippen molar-refractivity contribution in [2.75, 3.05) is 13.1 Å². The van der Waals surface area contributed by atoms with Gasteiger partial charge in [0, 0.05) is 19.4 Å². The largest absolute Gasteiger partial charge is 0.481 e. The molecule has 0 aromatic rings. The summed E-state index contributed by atoms with van der Waals surface area (Å²) in [6.07, 6.45) is 8.46. The number of hydrogen-bond donors (Lipinski definition) is 2. The molecule has 0 spiro atoms. The van der Waals surface area contributed by atoms with E-state index >= 15 is 0 Å². The highest BCUT2D eigenvalue weighted by Gasteiger charge is 2.14.